The molecule has 35 heavy (non-hydrogen) atoms. The van der Waals surface area contributed by atoms with Gasteiger partial charge in [0.05, 0.1) is 19.3 Å². The first-order chi connectivity index (χ1) is 16.7. The fourth-order valence-corrected chi connectivity index (χ4v) is 4.24. The van der Waals surface area contributed by atoms with Gasteiger partial charge in [0.15, 0.2) is 0 Å². The van der Waals surface area contributed by atoms with Crippen molar-refractivity contribution < 1.29 is 22.7 Å². The molecule has 0 aliphatic heterocycles. The number of rotatable bonds is 7. The molecule has 3 N–H and O–H groups in total. The summed E-state index contributed by atoms with van der Waals surface area (Å²) in [5, 5.41) is 6.88. The summed E-state index contributed by atoms with van der Waals surface area (Å²) in [7, 11) is 1.51. The Morgan fingerprint density at radius 3 is 2.66 bits per heavy atom. The standard InChI is InChI=1S/C25H26F3N5O2/c1-15(11-16-3-5-18(26)12-20(16)17-4-6-22(35-2)30-13-17)32-24(34)21-14-31-33(23(21)29)19-7-9-25(27,28)10-8-19/h3-6,12-14,19H,1,7-11,29H2,2H3,(H,32,34). The number of amides is 1. The number of halogens is 3. The normalized spacial score (nSPS) is 15.5. The number of nitrogen functional groups attached to an aromatic ring is 1. The number of carbonyl (C=O) groups is 1. The van der Waals surface area contributed by atoms with Crippen LogP contribution in [0.1, 0.15) is 47.6 Å². The fraction of sp³-hybridized carbons (Fsp3) is 0.320. The quantitative estimate of drug-likeness (QED) is 0.496. The van der Waals surface area contributed by atoms with Gasteiger partial charge in [-0.15, -0.1) is 0 Å². The van der Waals surface area contributed by atoms with Gasteiger partial charge in [0.1, 0.15) is 17.2 Å². The lowest BCUT2D eigenvalue weighted by Crippen LogP contribution is -2.28. The highest BCUT2D eigenvalue weighted by Crippen LogP contribution is 2.39. The van der Waals surface area contributed by atoms with Crippen molar-refractivity contribution in [1.29, 1.82) is 0 Å². The van der Waals surface area contributed by atoms with E-state index in [-0.39, 0.29) is 49.5 Å². The van der Waals surface area contributed by atoms with E-state index in [9.17, 15) is 18.0 Å². The molecule has 1 fully saturated rings. The summed E-state index contributed by atoms with van der Waals surface area (Å²) in [6.45, 7) is 3.93. The number of allylic oxidation sites excluding steroid dienone is 1. The molecule has 4 rings (SSSR count). The zero-order valence-electron chi connectivity index (χ0n) is 19.2. The lowest BCUT2D eigenvalue weighted by molar-refractivity contribution is -0.0448. The Hall–Kier alpha value is -3.82. The maximum Gasteiger partial charge on any atom is 0.260 e. The molecule has 0 bridgehead atoms. The van der Waals surface area contributed by atoms with Crippen LogP contribution in [0.3, 0.4) is 0 Å². The summed E-state index contributed by atoms with van der Waals surface area (Å²) in [4.78, 5) is 17.0. The third-order valence-electron chi connectivity index (χ3n) is 6.13. The number of nitrogens with zero attached hydrogens (tertiary/aromatic N) is 3. The maximum atomic E-state index is 14.0. The predicted molar refractivity (Wildman–Crippen MR) is 126 cm³/mol. The second-order valence-electron chi connectivity index (χ2n) is 8.60. The highest BCUT2D eigenvalue weighted by Gasteiger charge is 2.36. The third-order valence-corrected chi connectivity index (χ3v) is 6.13. The molecular weight excluding hydrogens is 459 g/mol. The molecule has 0 spiro atoms. The van der Waals surface area contributed by atoms with E-state index in [4.69, 9.17) is 10.5 Å². The minimum Gasteiger partial charge on any atom is -0.481 e. The lowest BCUT2D eigenvalue weighted by Gasteiger charge is -2.28. The van der Waals surface area contributed by atoms with Crippen LogP contribution in [0.5, 0.6) is 5.88 Å². The highest BCUT2D eigenvalue weighted by atomic mass is 19.3. The summed E-state index contributed by atoms with van der Waals surface area (Å²) >= 11 is 0. The highest BCUT2D eigenvalue weighted by molar-refractivity contribution is 5.99. The molecule has 0 atom stereocenters. The molecule has 0 radical (unpaired) electrons. The van der Waals surface area contributed by atoms with Crippen molar-refractivity contribution in [3.8, 4) is 17.0 Å². The van der Waals surface area contributed by atoms with Crippen LogP contribution in [0.25, 0.3) is 11.1 Å². The van der Waals surface area contributed by atoms with Crippen LogP contribution in [0, 0.1) is 5.82 Å². The first-order valence-electron chi connectivity index (χ1n) is 11.2. The number of alkyl halides is 2. The lowest BCUT2D eigenvalue weighted by atomic mass is 9.92. The number of hydrogen-bond acceptors (Lipinski definition) is 5. The zero-order chi connectivity index (χ0) is 25.2. The van der Waals surface area contributed by atoms with E-state index >= 15 is 0 Å². The number of carbonyl (C=O) groups excluding carboxylic acids is 1. The molecule has 1 saturated carbocycles. The first kappa shape index (κ1) is 24.3. The van der Waals surface area contributed by atoms with Gasteiger partial charge in [0.25, 0.3) is 5.91 Å². The SMILES string of the molecule is C=C(Cc1ccc(F)cc1-c1ccc(OC)nc1)NC(=O)c1cnn(C2CCC(F)(F)CC2)c1N. The minimum atomic E-state index is -2.67. The van der Waals surface area contributed by atoms with Crippen LogP contribution < -0.4 is 15.8 Å². The van der Waals surface area contributed by atoms with Crippen LogP contribution in [-0.2, 0) is 6.42 Å². The number of nitrogens with two attached hydrogens (primary N) is 1. The third kappa shape index (κ3) is 5.47. The van der Waals surface area contributed by atoms with Crippen molar-refractivity contribution in [2.75, 3.05) is 12.8 Å². The second kappa shape index (κ2) is 9.81. The minimum absolute atomic E-state index is 0.122. The van der Waals surface area contributed by atoms with Gasteiger partial charge >= 0.3 is 0 Å². The summed E-state index contributed by atoms with van der Waals surface area (Å²) in [5.74, 6) is -3.03. The zero-order valence-corrected chi connectivity index (χ0v) is 19.2. The second-order valence-corrected chi connectivity index (χ2v) is 8.60. The number of nitrogens with one attached hydrogen (secondary N) is 1. The molecule has 2 aromatic heterocycles. The van der Waals surface area contributed by atoms with Crippen LogP contribution in [-0.4, -0.2) is 33.7 Å². The Bertz CT molecular complexity index is 1230. The van der Waals surface area contributed by atoms with E-state index in [0.717, 1.165) is 5.56 Å². The van der Waals surface area contributed by atoms with Gasteiger partial charge in [-0.05, 0) is 42.2 Å². The average Bonchev–Trinajstić information content (AvgIpc) is 3.21. The monoisotopic (exact) mass is 485 g/mol. The fourth-order valence-electron chi connectivity index (χ4n) is 4.24. The van der Waals surface area contributed by atoms with Crippen LogP contribution in [0.4, 0.5) is 19.0 Å². The van der Waals surface area contributed by atoms with E-state index in [1.54, 1.807) is 24.4 Å². The number of hydrogen-bond donors (Lipinski definition) is 2. The number of methoxy groups -OCH3 is 1. The van der Waals surface area contributed by atoms with Gasteiger partial charge in [0, 0.05) is 42.8 Å². The molecule has 1 aromatic carbocycles. The molecule has 0 saturated heterocycles. The van der Waals surface area contributed by atoms with Crippen molar-refractivity contribution in [3.63, 3.8) is 0 Å². The number of pyridine rings is 1. The molecule has 184 valence electrons. The van der Waals surface area contributed by atoms with Gasteiger partial charge < -0.3 is 15.8 Å². The number of benzene rings is 1. The predicted octanol–water partition coefficient (Wildman–Crippen LogP) is 4.91. The molecule has 7 nitrogen and oxygen atoms in total. The van der Waals surface area contributed by atoms with Crippen LogP contribution in [0.15, 0.2) is 55.0 Å². The van der Waals surface area contributed by atoms with E-state index < -0.39 is 17.6 Å². The Morgan fingerprint density at radius 1 is 1.26 bits per heavy atom. The van der Waals surface area contributed by atoms with E-state index in [2.05, 4.69) is 22.0 Å². The topological polar surface area (TPSA) is 95.1 Å². The van der Waals surface area contributed by atoms with Gasteiger partial charge in [-0.1, -0.05) is 12.6 Å². The Kier molecular flexibility index (Phi) is 6.81. The summed E-state index contributed by atoms with van der Waals surface area (Å²) in [6, 6.07) is 7.51. The van der Waals surface area contributed by atoms with Crippen molar-refractivity contribution >= 4 is 11.7 Å². The number of ether oxygens (including phenoxy) is 1. The van der Waals surface area contributed by atoms with Crippen LogP contribution in [0.2, 0.25) is 0 Å². The first-order valence-corrected chi connectivity index (χ1v) is 11.2. The average molecular weight is 486 g/mol. The molecule has 1 aliphatic carbocycles. The molecule has 10 heteroatoms. The molecular formula is C25H26F3N5O2. The maximum absolute atomic E-state index is 14.0. The molecule has 3 aromatic rings. The number of aromatic nitrogens is 3. The van der Waals surface area contributed by atoms with Crippen molar-refractivity contribution in [1.82, 2.24) is 20.1 Å². The number of anilines is 1. The largest absolute Gasteiger partial charge is 0.481 e. The van der Waals surface area contributed by atoms with Gasteiger partial charge in [-0.25, -0.2) is 22.8 Å². The van der Waals surface area contributed by atoms with Gasteiger partial charge in [-0.2, -0.15) is 5.10 Å². The van der Waals surface area contributed by atoms with E-state index in [1.807, 2.05) is 0 Å². The smallest absolute Gasteiger partial charge is 0.260 e. The molecule has 1 amide bonds. The van der Waals surface area contributed by atoms with Gasteiger partial charge in [-0.3, -0.25) is 4.79 Å². The van der Waals surface area contributed by atoms with Crippen molar-refractivity contribution in [2.24, 2.45) is 0 Å². The van der Waals surface area contributed by atoms with Crippen LogP contribution >= 0.6 is 0 Å². The Labute approximate surface area is 200 Å². The molecule has 1 aliphatic rings. The summed E-state index contributed by atoms with van der Waals surface area (Å²) in [5.41, 5.74) is 8.67. The Morgan fingerprint density at radius 2 is 2.00 bits per heavy atom. The Balaban J connectivity index is 1.46. The summed E-state index contributed by atoms with van der Waals surface area (Å²) in [6.07, 6.45) is 3.14. The van der Waals surface area contributed by atoms with Crippen molar-refractivity contribution in [2.45, 2.75) is 44.1 Å². The molecule has 2 heterocycles. The summed E-state index contributed by atoms with van der Waals surface area (Å²) < 4.78 is 47.5. The van der Waals surface area contributed by atoms with E-state index in [1.165, 1.54) is 30.1 Å². The molecule has 0 unspecified atom stereocenters. The van der Waals surface area contributed by atoms with Gasteiger partial charge in [0.2, 0.25) is 11.8 Å². The van der Waals surface area contributed by atoms with Crippen molar-refractivity contribution in [3.05, 3.63) is 71.9 Å². The van der Waals surface area contributed by atoms with E-state index in [0.29, 0.717) is 22.7 Å².